The fourth-order valence-corrected chi connectivity index (χ4v) is 2.98. The van der Waals surface area contributed by atoms with E-state index in [0.29, 0.717) is 16.4 Å². The number of hydrogen-bond acceptors (Lipinski definition) is 4. The van der Waals surface area contributed by atoms with Gasteiger partial charge in [-0.05, 0) is 30.3 Å². The first kappa shape index (κ1) is 12.9. The van der Waals surface area contributed by atoms with Gasteiger partial charge >= 0.3 is 0 Å². The molecule has 0 aliphatic rings. The van der Waals surface area contributed by atoms with Crippen molar-refractivity contribution >= 4 is 33.0 Å². The highest BCUT2D eigenvalue weighted by Gasteiger charge is 2.15. The average Bonchev–Trinajstić information content (AvgIpc) is 2.85. The van der Waals surface area contributed by atoms with Gasteiger partial charge in [-0.25, -0.2) is 8.42 Å². The lowest BCUT2D eigenvalue weighted by Gasteiger charge is -2.08. The standard InChI is InChI=1S/C12H9ClN4O2S/c13-9-2-1-3-10(6-9)16-20(18,19)11-4-5-12-15-14-8-17(12)7-11/h1-8,16H. The molecule has 0 aliphatic heterocycles. The molecule has 1 N–H and O–H groups in total. The summed E-state index contributed by atoms with van der Waals surface area (Å²) in [5.41, 5.74) is 0.980. The third-order valence-electron chi connectivity index (χ3n) is 2.65. The smallest absolute Gasteiger partial charge is 0.263 e. The van der Waals surface area contributed by atoms with Gasteiger partial charge in [-0.1, -0.05) is 17.7 Å². The molecule has 2 aromatic heterocycles. The van der Waals surface area contributed by atoms with Crippen LogP contribution in [0.5, 0.6) is 0 Å². The quantitative estimate of drug-likeness (QED) is 0.804. The average molecular weight is 309 g/mol. The summed E-state index contributed by atoms with van der Waals surface area (Å²) in [7, 11) is -3.68. The number of anilines is 1. The number of fused-ring (bicyclic) bond motifs is 1. The van der Waals surface area contributed by atoms with E-state index in [0.717, 1.165) is 0 Å². The first-order valence-corrected chi connectivity index (χ1v) is 7.48. The summed E-state index contributed by atoms with van der Waals surface area (Å²) < 4.78 is 28.5. The van der Waals surface area contributed by atoms with Gasteiger partial charge in [-0.2, -0.15) is 0 Å². The Kier molecular flexibility index (Phi) is 3.07. The lowest BCUT2D eigenvalue weighted by atomic mass is 10.3. The van der Waals surface area contributed by atoms with Crippen molar-refractivity contribution in [2.24, 2.45) is 0 Å². The largest absolute Gasteiger partial charge is 0.288 e. The number of nitrogens with zero attached hydrogens (tertiary/aromatic N) is 3. The molecular weight excluding hydrogens is 300 g/mol. The molecule has 0 unspecified atom stereocenters. The van der Waals surface area contributed by atoms with Crippen molar-refractivity contribution in [3.05, 3.63) is 53.9 Å². The molecule has 0 spiro atoms. The molecule has 0 atom stereocenters. The van der Waals surface area contributed by atoms with Crippen LogP contribution >= 0.6 is 11.6 Å². The summed E-state index contributed by atoms with van der Waals surface area (Å²) in [5, 5.41) is 7.98. The molecule has 20 heavy (non-hydrogen) atoms. The molecule has 0 saturated heterocycles. The van der Waals surface area contributed by atoms with Gasteiger partial charge in [0.25, 0.3) is 10.0 Å². The maximum absolute atomic E-state index is 12.3. The van der Waals surface area contributed by atoms with Gasteiger partial charge in [0.1, 0.15) is 11.2 Å². The predicted octanol–water partition coefficient (Wildman–Crippen LogP) is 2.18. The van der Waals surface area contributed by atoms with Gasteiger partial charge in [0.15, 0.2) is 5.65 Å². The molecule has 3 aromatic rings. The second-order valence-corrected chi connectivity index (χ2v) is 6.20. The number of benzene rings is 1. The topological polar surface area (TPSA) is 76.4 Å². The molecule has 1 aromatic carbocycles. The van der Waals surface area contributed by atoms with Crippen molar-refractivity contribution in [3.63, 3.8) is 0 Å². The number of rotatable bonds is 3. The van der Waals surface area contributed by atoms with E-state index < -0.39 is 10.0 Å². The molecule has 0 amide bonds. The monoisotopic (exact) mass is 308 g/mol. The Morgan fingerprint density at radius 1 is 1.20 bits per heavy atom. The van der Waals surface area contributed by atoms with Crippen LogP contribution < -0.4 is 4.72 Å². The summed E-state index contributed by atoms with van der Waals surface area (Å²) in [6.07, 6.45) is 2.88. The Hall–Kier alpha value is -2.12. The normalized spacial score (nSPS) is 11.7. The third kappa shape index (κ3) is 2.45. The molecule has 102 valence electrons. The van der Waals surface area contributed by atoms with Crippen LogP contribution in [0.2, 0.25) is 5.02 Å². The van der Waals surface area contributed by atoms with Crippen molar-refractivity contribution < 1.29 is 8.42 Å². The van der Waals surface area contributed by atoms with Crippen LogP contribution in [0, 0.1) is 0 Å². The van der Waals surface area contributed by atoms with Crippen molar-refractivity contribution in [1.29, 1.82) is 0 Å². The van der Waals surface area contributed by atoms with E-state index in [-0.39, 0.29) is 4.90 Å². The maximum atomic E-state index is 12.3. The Labute approximate surface area is 120 Å². The number of nitrogens with one attached hydrogen (secondary N) is 1. The van der Waals surface area contributed by atoms with Crippen LogP contribution in [0.15, 0.2) is 53.8 Å². The minimum Gasteiger partial charge on any atom is -0.288 e. The van der Waals surface area contributed by atoms with Gasteiger partial charge in [0, 0.05) is 11.2 Å². The number of aromatic nitrogens is 3. The first-order valence-electron chi connectivity index (χ1n) is 5.62. The highest BCUT2D eigenvalue weighted by atomic mass is 35.5. The van der Waals surface area contributed by atoms with E-state index in [4.69, 9.17) is 11.6 Å². The zero-order valence-corrected chi connectivity index (χ0v) is 11.6. The van der Waals surface area contributed by atoms with E-state index >= 15 is 0 Å². The number of pyridine rings is 1. The Morgan fingerprint density at radius 2 is 2.05 bits per heavy atom. The van der Waals surface area contributed by atoms with Crippen molar-refractivity contribution in [3.8, 4) is 0 Å². The number of halogens is 1. The Morgan fingerprint density at radius 3 is 2.85 bits per heavy atom. The Bertz CT molecular complexity index is 876. The molecule has 6 nitrogen and oxygen atoms in total. The zero-order chi connectivity index (χ0) is 14.2. The van der Waals surface area contributed by atoms with Gasteiger partial charge in [-0.15, -0.1) is 10.2 Å². The molecular formula is C12H9ClN4O2S. The van der Waals surface area contributed by atoms with Crippen LogP contribution in [-0.4, -0.2) is 23.0 Å². The lowest BCUT2D eigenvalue weighted by Crippen LogP contribution is -2.13. The molecule has 0 radical (unpaired) electrons. The van der Waals surface area contributed by atoms with Crippen molar-refractivity contribution in [1.82, 2.24) is 14.6 Å². The summed E-state index contributed by atoms with van der Waals surface area (Å²) in [5.74, 6) is 0. The van der Waals surface area contributed by atoms with Gasteiger partial charge in [0.05, 0.1) is 5.69 Å². The Balaban J connectivity index is 1.98. The molecule has 8 heteroatoms. The number of hydrogen-bond donors (Lipinski definition) is 1. The predicted molar refractivity (Wildman–Crippen MR) is 75.2 cm³/mol. The van der Waals surface area contributed by atoms with Gasteiger partial charge in [-0.3, -0.25) is 9.12 Å². The fraction of sp³-hybridized carbons (Fsp3) is 0. The first-order chi connectivity index (χ1) is 9.54. The third-order valence-corrected chi connectivity index (χ3v) is 4.25. The number of sulfonamides is 1. The zero-order valence-electron chi connectivity index (χ0n) is 10.1. The van der Waals surface area contributed by atoms with Crippen LogP contribution in [0.25, 0.3) is 5.65 Å². The molecule has 0 saturated carbocycles. The maximum Gasteiger partial charge on any atom is 0.263 e. The molecule has 3 rings (SSSR count). The van der Waals surface area contributed by atoms with Gasteiger partial charge in [0.2, 0.25) is 0 Å². The summed E-state index contributed by atoms with van der Waals surface area (Å²) in [6.45, 7) is 0. The van der Waals surface area contributed by atoms with E-state index in [1.54, 1.807) is 24.3 Å². The van der Waals surface area contributed by atoms with Crippen molar-refractivity contribution in [2.75, 3.05) is 4.72 Å². The second-order valence-electron chi connectivity index (χ2n) is 4.08. The molecule has 0 aliphatic carbocycles. The fourth-order valence-electron chi connectivity index (χ4n) is 1.73. The van der Waals surface area contributed by atoms with Crippen LogP contribution in [0.4, 0.5) is 5.69 Å². The van der Waals surface area contributed by atoms with E-state index in [1.165, 1.54) is 29.1 Å². The SMILES string of the molecule is O=S(=O)(Nc1cccc(Cl)c1)c1ccc2nncn2c1. The van der Waals surface area contributed by atoms with E-state index in [1.807, 2.05) is 0 Å². The van der Waals surface area contributed by atoms with Crippen LogP contribution in [-0.2, 0) is 10.0 Å². The van der Waals surface area contributed by atoms with Crippen LogP contribution in [0.1, 0.15) is 0 Å². The molecule has 0 fully saturated rings. The molecule has 0 bridgehead atoms. The summed E-state index contributed by atoms with van der Waals surface area (Å²) >= 11 is 5.83. The van der Waals surface area contributed by atoms with Crippen LogP contribution in [0.3, 0.4) is 0 Å². The minimum absolute atomic E-state index is 0.116. The highest BCUT2D eigenvalue weighted by molar-refractivity contribution is 7.92. The highest BCUT2D eigenvalue weighted by Crippen LogP contribution is 2.19. The molecule has 2 heterocycles. The van der Waals surface area contributed by atoms with Crippen molar-refractivity contribution in [2.45, 2.75) is 4.90 Å². The van der Waals surface area contributed by atoms with E-state index in [9.17, 15) is 8.42 Å². The van der Waals surface area contributed by atoms with E-state index in [2.05, 4.69) is 14.9 Å². The second kappa shape index (κ2) is 4.77. The summed E-state index contributed by atoms with van der Waals surface area (Å²) in [6, 6.07) is 9.55. The minimum atomic E-state index is -3.68. The lowest BCUT2D eigenvalue weighted by molar-refractivity contribution is 0.600. The van der Waals surface area contributed by atoms with Gasteiger partial charge < -0.3 is 0 Å². The summed E-state index contributed by atoms with van der Waals surface area (Å²) in [4.78, 5) is 0.116.